The van der Waals surface area contributed by atoms with Crippen LogP contribution >= 0.6 is 23.1 Å². The predicted molar refractivity (Wildman–Crippen MR) is 67.1 cm³/mol. The van der Waals surface area contributed by atoms with Crippen molar-refractivity contribution in [1.82, 2.24) is 4.90 Å². The molecule has 1 aromatic heterocycles. The highest BCUT2D eigenvalue weighted by Crippen LogP contribution is 2.27. The zero-order valence-electron chi connectivity index (χ0n) is 8.75. The van der Waals surface area contributed by atoms with Gasteiger partial charge in [-0.2, -0.15) is 4.57 Å². The third-order valence-corrected chi connectivity index (χ3v) is 3.97. The maximum Gasteiger partial charge on any atom is 0.261 e. The minimum Gasteiger partial charge on any atom is -0.345 e. The van der Waals surface area contributed by atoms with Crippen molar-refractivity contribution < 1.29 is 4.57 Å². The van der Waals surface area contributed by atoms with Crippen LogP contribution in [0.5, 0.6) is 0 Å². The Labute approximate surface area is 98.2 Å². The summed E-state index contributed by atoms with van der Waals surface area (Å²) >= 11 is 3.49. The number of hydrogen-bond donors (Lipinski definition) is 0. The molecule has 0 saturated carbocycles. The van der Waals surface area contributed by atoms with Crippen LogP contribution in [-0.4, -0.2) is 11.9 Å². The van der Waals surface area contributed by atoms with Crippen molar-refractivity contribution in [1.29, 1.82) is 0 Å². The van der Waals surface area contributed by atoms with Crippen LogP contribution in [0.15, 0.2) is 40.4 Å². The molecule has 0 N–H and O–H groups in total. The number of nitrogens with zero attached hydrogens (tertiary/aromatic N) is 2. The van der Waals surface area contributed by atoms with Gasteiger partial charge < -0.3 is 4.90 Å². The molecule has 0 amide bonds. The van der Waals surface area contributed by atoms with E-state index >= 15 is 0 Å². The lowest BCUT2D eigenvalue weighted by Gasteiger charge is -2.07. The fourth-order valence-corrected chi connectivity index (χ4v) is 2.76. The molecule has 0 radical (unpaired) electrons. The maximum atomic E-state index is 2.13. The third kappa shape index (κ3) is 2.52. The molecule has 1 aliphatic rings. The van der Waals surface area contributed by atoms with Crippen LogP contribution in [0.2, 0.25) is 0 Å². The molecule has 0 fully saturated rings. The second-order valence-electron chi connectivity index (χ2n) is 3.23. The lowest BCUT2D eigenvalue weighted by molar-refractivity contribution is -0.668. The van der Waals surface area contributed by atoms with Crippen molar-refractivity contribution in [2.45, 2.75) is 0 Å². The van der Waals surface area contributed by atoms with Gasteiger partial charge in [0, 0.05) is 19.3 Å². The van der Waals surface area contributed by atoms with E-state index in [4.69, 9.17) is 0 Å². The Morgan fingerprint density at radius 1 is 1.47 bits per heavy atom. The summed E-state index contributed by atoms with van der Waals surface area (Å²) in [5.74, 6) is 0. The van der Waals surface area contributed by atoms with Gasteiger partial charge in [-0.15, -0.1) is 0 Å². The summed E-state index contributed by atoms with van der Waals surface area (Å²) in [7, 11) is 4.11. The van der Waals surface area contributed by atoms with Gasteiger partial charge in [-0.1, -0.05) is 29.2 Å². The highest BCUT2D eigenvalue weighted by atomic mass is 32.2. The van der Waals surface area contributed by atoms with Crippen molar-refractivity contribution in [3.05, 3.63) is 45.4 Å². The Kier molecular flexibility index (Phi) is 3.28. The third-order valence-electron chi connectivity index (χ3n) is 2.12. The first-order valence-electron chi connectivity index (χ1n) is 4.65. The van der Waals surface area contributed by atoms with Gasteiger partial charge in [0.25, 0.3) is 5.01 Å². The van der Waals surface area contributed by atoms with Crippen LogP contribution in [0.3, 0.4) is 0 Å². The van der Waals surface area contributed by atoms with Gasteiger partial charge in [0.05, 0.1) is 10.4 Å². The van der Waals surface area contributed by atoms with Gasteiger partial charge in [-0.05, 0) is 11.5 Å². The molecule has 1 aromatic rings. The molecule has 0 aromatic carbocycles. The largest absolute Gasteiger partial charge is 0.345 e. The number of rotatable bonds is 2. The van der Waals surface area contributed by atoms with E-state index in [-0.39, 0.29) is 0 Å². The van der Waals surface area contributed by atoms with Gasteiger partial charge in [0.2, 0.25) is 0 Å². The fraction of sp³-hybridized carbons (Fsp3) is 0.182. The molecule has 0 atom stereocenters. The van der Waals surface area contributed by atoms with E-state index in [0.29, 0.717) is 0 Å². The molecule has 2 nitrogen and oxygen atoms in total. The Morgan fingerprint density at radius 2 is 2.33 bits per heavy atom. The number of aromatic nitrogens is 1. The number of aryl methyl sites for hydroxylation is 1. The zero-order chi connectivity index (χ0) is 10.7. The number of thioether (sulfide) groups is 1. The summed E-state index contributed by atoms with van der Waals surface area (Å²) in [6.45, 7) is 0. The molecule has 15 heavy (non-hydrogen) atoms. The van der Waals surface area contributed by atoms with E-state index in [9.17, 15) is 0 Å². The second-order valence-corrected chi connectivity index (χ2v) is 5.08. The van der Waals surface area contributed by atoms with Crippen LogP contribution in [0.1, 0.15) is 5.01 Å². The zero-order valence-corrected chi connectivity index (χ0v) is 10.4. The molecule has 78 valence electrons. The molecule has 0 saturated heterocycles. The molecule has 4 heteroatoms. The molecular weight excluding hydrogens is 224 g/mol. The highest BCUT2D eigenvalue weighted by Gasteiger charge is 2.05. The van der Waals surface area contributed by atoms with Crippen LogP contribution in [0.4, 0.5) is 0 Å². The minimum absolute atomic E-state index is 1.26. The average molecular weight is 237 g/mol. The van der Waals surface area contributed by atoms with E-state index in [1.54, 1.807) is 23.1 Å². The molecule has 2 heterocycles. The Hall–Kier alpha value is -1.00. The average Bonchev–Trinajstić information content (AvgIpc) is 2.78. The van der Waals surface area contributed by atoms with Gasteiger partial charge in [-0.25, -0.2) is 0 Å². The number of allylic oxidation sites excluding steroid dienone is 2. The lowest BCUT2D eigenvalue weighted by Crippen LogP contribution is -2.26. The van der Waals surface area contributed by atoms with E-state index in [1.165, 1.54) is 10.0 Å². The molecule has 0 spiro atoms. The van der Waals surface area contributed by atoms with Crippen LogP contribution < -0.4 is 4.57 Å². The molecular formula is C11H13N2S2+. The van der Waals surface area contributed by atoms with E-state index < -0.39 is 0 Å². The Morgan fingerprint density at radius 3 is 2.93 bits per heavy atom. The van der Waals surface area contributed by atoms with Crippen molar-refractivity contribution in [2.24, 2.45) is 7.05 Å². The van der Waals surface area contributed by atoms with Crippen molar-refractivity contribution in [3.63, 3.8) is 0 Å². The summed E-state index contributed by atoms with van der Waals surface area (Å²) in [6, 6.07) is 0. The van der Waals surface area contributed by atoms with Gasteiger partial charge in [0.1, 0.15) is 7.05 Å². The fourth-order valence-electron chi connectivity index (χ4n) is 1.22. The van der Waals surface area contributed by atoms with Crippen molar-refractivity contribution in [3.8, 4) is 0 Å². The van der Waals surface area contributed by atoms with Crippen molar-refractivity contribution in [2.75, 3.05) is 7.05 Å². The lowest BCUT2D eigenvalue weighted by atomic mass is 10.4. The molecule has 0 unspecified atom stereocenters. The monoisotopic (exact) mass is 237 g/mol. The van der Waals surface area contributed by atoms with Gasteiger partial charge in [-0.3, -0.25) is 0 Å². The normalized spacial score (nSPS) is 18.5. The molecule has 0 aliphatic carbocycles. The second kappa shape index (κ2) is 4.68. The first-order valence-corrected chi connectivity index (χ1v) is 6.41. The van der Waals surface area contributed by atoms with Crippen molar-refractivity contribution >= 4 is 29.2 Å². The Balaban J connectivity index is 2.04. The quantitative estimate of drug-likeness (QED) is 0.730. The molecule has 1 aliphatic heterocycles. The summed E-state index contributed by atoms with van der Waals surface area (Å²) in [6.07, 6.45) is 10.5. The van der Waals surface area contributed by atoms with Gasteiger partial charge in [0.15, 0.2) is 6.20 Å². The highest BCUT2D eigenvalue weighted by molar-refractivity contribution is 8.06. The summed E-state index contributed by atoms with van der Waals surface area (Å²) in [5, 5.41) is 6.69. The molecule has 2 rings (SSSR count). The number of hydrogen-bond acceptors (Lipinski definition) is 3. The standard InChI is InChI=1S/C11H13N2S2/c1-12-6-8-14-10(12)4-3-5-11-13(2)7-9-15-11/h3-9H,1-2H3/q+1. The predicted octanol–water partition coefficient (Wildman–Crippen LogP) is 2.58. The minimum atomic E-state index is 1.26. The van der Waals surface area contributed by atoms with Crippen LogP contribution in [0, 0.1) is 0 Å². The summed E-state index contributed by atoms with van der Waals surface area (Å²) in [4.78, 5) is 2.11. The maximum absolute atomic E-state index is 2.13. The summed E-state index contributed by atoms with van der Waals surface area (Å²) < 4.78 is 2.11. The van der Waals surface area contributed by atoms with E-state index in [0.717, 1.165) is 0 Å². The topological polar surface area (TPSA) is 7.12 Å². The Bertz CT molecular complexity index is 430. The molecule has 0 bridgehead atoms. The van der Waals surface area contributed by atoms with E-state index in [1.807, 2.05) is 0 Å². The first kappa shape index (κ1) is 10.5. The number of thiazole rings is 1. The van der Waals surface area contributed by atoms with Gasteiger partial charge >= 0.3 is 0 Å². The first-order chi connectivity index (χ1) is 7.27. The summed E-state index contributed by atoms with van der Waals surface area (Å²) in [5.41, 5.74) is 0. The van der Waals surface area contributed by atoms with Crippen LogP contribution in [0.25, 0.3) is 6.08 Å². The van der Waals surface area contributed by atoms with Crippen LogP contribution in [-0.2, 0) is 7.05 Å². The smallest absolute Gasteiger partial charge is 0.261 e. The van der Waals surface area contributed by atoms with E-state index in [2.05, 4.69) is 65.0 Å². The SMILES string of the molecule is CN1C=CSC1=CC=Cc1scc[n+]1C.